The number of nitrogens with zero attached hydrogens (tertiary/aromatic N) is 2. The van der Waals surface area contributed by atoms with Crippen LogP contribution in [0.25, 0.3) is 0 Å². The third kappa shape index (κ3) is 3.46. The van der Waals surface area contributed by atoms with Gasteiger partial charge in [-0.3, -0.25) is 9.48 Å². The van der Waals surface area contributed by atoms with Crippen LogP contribution in [0.2, 0.25) is 0 Å². The Bertz CT molecular complexity index is 995. The molecule has 1 spiro atoms. The molecule has 1 aliphatic carbocycles. The highest BCUT2D eigenvalue weighted by Crippen LogP contribution is 2.46. The Balaban J connectivity index is 1.38. The van der Waals surface area contributed by atoms with Crippen molar-refractivity contribution in [2.24, 2.45) is 0 Å². The van der Waals surface area contributed by atoms with Crippen molar-refractivity contribution in [3.63, 3.8) is 0 Å². The van der Waals surface area contributed by atoms with Gasteiger partial charge in [-0.15, -0.1) is 0 Å². The van der Waals surface area contributed by atoms with Gasteiger partial charge in [0.05, 0.1) is 0 Å². The fraction of sp³-hybridized carbons (Fsp3) is 0.304. The summed E-state index contributed by atoms with van der Waals surface area (Å²) >= 11 is 0. The molecule has 1 amide bonds. The summed E-state index contributed by atoms with van der Waals surface area (Å²) in [6.07, 6.45) is 8.72. The van der Waals surface area contributed by atoms with Gasteiger partial charge in [0.15, 0.2) is 17.5 Å². The average molecular weight is 389 g/mol. The molecule has 1 N–H and O–H groups in total. The normalized spacial score (nSPS) is 17.8. The molecule has 3 aromatic rings. The molecule has 1 unspecified atom stereocenters. The molecule has 0 saturated heterocycles. The average Bonchev–Trinajstić information content (AvgIpc) is 3.37. The second kappa shape index (κ2) is 7.28. The number of hydrogen-bond donors (Lipinski definition) is 1. The van der Waals surface area contributed by atoms with Crippen LogP contribution in [0.4, 0.5) is 5.69 Å². The molecule has 1 fully saturated rings. The number of amides is 1. The van der Waals surface area contributed by atoms with Crippen LogP contribution >= 0.6 is 0 Å². The van der Waals surface area contributed by atoms with Crippen LogP contribution in [0.15, 0.2) is 67.0 Å². The lowest BCUT2D eigenvalue weighted by molar-refractivity contribution is -0.118. The van der Waals surface area contributed by atoms with Gasteiger partial charge in [0.1, 0.15) is 0 Å². The molecule has 6 nitrogen and oxygen atoms in total. The Morgan fingerprint density at radius 3 is 2.55 bits per heavy atom. The monoisotopic (exact) mass is 389 g/mol. The molecule has 1 aliphatic heterocycles. The first-order chi connectivity index (χ1) is 14.2. The second-order valence-electron chi connectivity index (χ2n) is 7.63. The first-order valence-electron chi connectivity index (χ1n) is 10.1. The zero-order valence-corrected chi connectivity index (χ0v) is 16.1. The smallest absolute Gasteiger partial charge is 0.253 e. The lowest BCUT2D eigenvalue weighted by Crippen LogP contribution is -2.40. The van der Waals surface area contributed by atoms with Crippen LogP contribution in [-0.4, -0.2) is 21.5 Å². The van der Waals surface area contributed by atoms with Crippen molar-refractivity contribution in [3.8, 4) is 11.5 Å². The molecule has 2 aromatic carbocycles. The zero-order valence-electron chi connectivity index (χ0n) is 16.1. The van der Waals surface area contributed by atoms with Crippen LogP contribution in [0, 0.1) is 0 Å². The minimum absolute atomic E-state index is 0.161. The maximum absolute atomic E-state index is 13.2. The van der Waals surface area contributed by atoms with Gasteiger partial charge in [-0.05, 0) is 36.6 Å². The first-order valence-corrected chi connectivity index (χ1v) is 10.1. The van der Waals surface area contributed by atoms with Crippen LogP contribution < -0.4 is 14.8 Å². The van der Waals surface area contributed by atoms with Gasteiger partial charge in [-0.25, -0.2) is 0 Å². The maximum atomic E-state index is 13.2. The van der Waals surface area contributed by atoms with E-state index in [9.17, 15) is 4.79 Å². The van der Waals surface area contributed by atoms with E-state index in [2.05, 4.69) is 10.4 Å². The number of hydrogen-bond acceptors (Lipinski definition) is 4. The Morgan fingerprint density at radius 1 is 1.00 bits per heavy atom. The molecule has 2 heterocycles. The minimum Gasteiger partial charge on any atom is -0.448 e. The molecule has 0 bridgehead atoms. The predicted molar refractivity (Wildman–Crippen MR) is 109 cm³/mol. The van der Waals surface area contributed by atoms with E-state index >= 15 is 0 Å². The lowest BCUT2D eigenvalue weighted by Gasteiger charge is -2.31. The molecular weight excluding hydrogens is 366 g/mol. The van der Waals surface area contributed by atoms with Gasteiger partial charge in [0, 0.05) is 37.0 Å². The van der Waals surface area contributed by atoms with Gasteiger partial charge >= 0.3 is 0 Å². The van der Waals surface area contributed by atoms with Gasteiger partial charge in [-0.1, -0.05) is 36.8 Å². The SMILES string of the molecule is O=C(Nc1ccc2c(c1)OC1(CCCCC1)O2)C(c1ccccc1)n1cccn1. The summed E-state index contributed by atoms with van der Waals surface area (Å²) in [6, 6.07) is 16.5. The van der Waals surface area contributed by atoms with E-state index in [0.717, 1.165) is 37.0 Å². The van der Waals surface area contributed by atoms with Crippen LogP contribution in [0.5, 0.6) is 11.5 Å². The number of aromatic nitrogens is 2. The third-order valence-electron chi connectivity index (χ3n) is 5.57. The van der Waals surface area contributed by atoms with Crippen LogP contribution in [-0.2, 0) is 4.79 Å². The van der Waals surface area contributed by atoms with E-state index in [1.807, 2.05) is 54.6 Å². The standard InChI is InChI=1S/C23H23N3O3/c27-22(21(26-15-7-14-24-26)17-8-3-1-4-9-17)25-18-10-11-19-20(16-18)29-23(28-19)12-5-2-6-13-23/h1,3-4,7-11,14-16,21H,2,5-6,12-13H2,(H,25,27). The molecule has 6 heteroatoms. The van der Waals surface area contributed by atoms with Crippen molar-refractivity contribution in [3.05, 3.63) is 72.6 Å². The van der Waals surface area contributed by atoms with Gasteiger partial charge in [0.2, 0.25) is 0 Å². The molecule has 1 aromatic heterocycles. The largest absolute Gasteiger partial charge is 0.448 e. The number of benzene rings is 2. The highest BCUT2D eigenvalue weighted by Gasteiger charge is 2.42. The van der Waals surface area contributed by atoms with E-state index in [0.29, 0.717) is 11.4 Å². The van der Waals surface area contributed by atoms with Crippen molar-refractivity contribution >= 4 is 11.6 Å². The summed E-state index contributed by atoms with van der Waals surface area (Å²) < 4.78 is 14.0. The molecule has 1 saturated carbocycles. The second-order valence-corrected chi connectivity index (χ2v) is 7.63. The van der Waals surface area contributed by atoms with Gasteiger partial charge in [-0.2, -0.15) is 5.10 Å². The van der Waals surface area contributed by atoms with Gasteiger partial charge < -0.3 is 14.8 Å². The van der Waals surface area contributed by atoms with E-state index in [-0.39, 0.29) is 5.91 Å². The third-order valence-corrected chi connectivity index (χ3v) is 5.57. The lowest BCUT2D eigenvalue weighted by atomic mass is 9.94. The summed E-state index contributed by atoms with van der Waals surface area (Å²) in [5.74, 6) is 0.757. The number of anilines is 1. The van der Waals surface area contributed by atoms with Gasteiger partial charge in [0.25, 0.3) is 11.7 Å². The zero-order chi connectivity index (χ0) is 19.7. The number of fused-ring (bicyclic) bond motifs is 1. The molecule has 148 valence electrons. The Kier molecular flexibility index (Phi) is 4.46. The van der Waals surface area contributed by atoms with Crippen molar-refractivity contribution < 1.29 is 14.3 Å². The van der Waals surface area contributed by atoms with E-state index in [1.165, 1.54) is 6.42 Å². The quantitative estimate of drug-likeness (QED) is 0.711. The number of ether oxygens (including phenoxy) is 2. The first kappa shape index (κ1) is 17.8. The number of carbonyl (C=O) groups is 1. The molecule has 2 aliphatic rings. The number of carbonyl (C=O) groups excluding carboxylic acids is 1. The Labute approximate surface area is 169 Å². The van der Waals surface area contributed by atoms with Crippen molar-refractivity contribution in [2.75, 3.05) is 5.32 Å². The maximum Gasteiger partial charge on any atom is 0.253 e. The molecule has 5 rings (SSSR count). The van der Waals surface area contributed by atoms with Crippen molar-refractivity contribution in [2.45, 2.75) is 43.9 Å². The summed E-state index contributed by atoms with van der Waals surface area (Å²) in [6.45, 7) is 0. The topological polar surface area (TPSA) is 65.4 Å². The van der Waals surface area contributed by atoms with E-state index in [1.54, 1.807) is 17.1 Å². The highest BCUT2D eigenvalue weighted by atomic mass is 16.7. The number of rotatable bonds is 4. The fourth-order valence-electron chi connectivity index (χ4n) is 4.17. The molecule has 29 heavy (non-hydrogen) atoms. The van der Waals surface area contributed by atoms with Crippen molar-refractivity contribution in [1.82, 2.24) is 9.78 Å². The summed E-state index contributed by atoms with van der Waals surface area (Å²) in [7, 11) is 0. The fourth-order valence-corrected chi connectivity index (χ4v) is 4.17. The van der Waals surface area contributed by atoms with Crippen molar-refractivity contribution in [1.29, 1.82) is 0 Å². The molecule has 0 radical (unpaired) electrons. The number of nitrogens with one attached hydrogen (secondary N) is 1. The highest BCUT2D eigenvalue weighted by molar-refractivity contribution is 5.96. The summed E-state index contributed by atoms with van der Waals surface area (Å²) in [5.41, 5.74) is 1.55. The Morgan fingerprint density at radius 2 is 1.79 bits per heavy atom. The van der Waals surface area contributed by atoms with E-state index in [4.69, 9.17) is 9.47 Å². The predicted octanol–water partition coefficient (Wildman–Crippen LogP) is 4.54. The molecule has 1 atom stereocenters. The van der Waals surface area contributed by atoms with E-state index < -0.39 is 11.8 Å². The van der Waals surface area contributed by atoms with Crippen LogP contribution in [0.1, 0.15) is 43.7 Å². The minimum atomic E-state index is -0.554. The van der Waals surface area contributed by atoms with Crippen LogP contribution in [0.3, 0.4) is 0 Å². The Hall–Kier alpha value is -3.28. The molecular formula is C23H23N3O3. The summed E-state index contributed by atoms with van der Waals surface area (Å²) in [5, 5.41) is 7.30. The summed E-state index contributed by atoms with van der Waals surface area (Å²) in [4.78, 5) is 13.2.